The zero-order valence-electron chi connectivity index (χ0n) is 13.7. The molecule has 0 bridgehead atoms. The Kier molecular flexibility index (Phi) is 4.73. The van der Waals surface area contributed by atoms with Crippen LogP contribution in [0.4, 0.5) is 0 Å². The quantitative estimate of drug-likeness (QED) is 0.764. The van der Waals surface area contributed by atoms with Gasteiger partial charge in [-0.05, 0) is 33.6 Å². The predicted octanol–water partition coefficient (Wildman–Crippen LogP) is 0.918. The number of nitrogens with two attached hydrogens (primary N) is 1. The minimum atomic E-state index is -0.488. The maximum Gasteiger partial charge on any atom is 0.223 e. The molecular weight excluding hydrogens is 266 g/mol. The lowest BCUT2D eigenvalue weighted by atomic mass is 9.97. The van der Waals surface area contributed by atoms with E-state index in [1.165, 1.54) is 12.8 Å². The van der Waals surface area contributed by atoms with Gasteiger partial charge in [0.1, 0.15) is 5.78 Å². The van der Waals surface area contributed by atoms with E-state index in [4.69, 9.17) is 5.73 Å². The molecule has 1 saturated heterocycles. The van der Waals surface area contributed by atoms with E-state index in [9.17, 15) is 9.59 Å². The number of amides is 1. The molecule has 0 aromatic carbocycles. The molecule has 0 radical (unpaired) electrons. The highest BCUT2D eigenvalue weighted by Gasteiger charge is 2.55. The lowest BCUT2D eigenvalue weighted by Crippen LogP contribution is -2.44. The zero-order valence-corrected chi connectivity index (χ0v) is 13.7. The number of rotatable bonds is 6. The first kappa shape index (κ1) is 16.4. The SMILES string of the molecule is CC(C)N1C[C@H](NC(=O)[C@H](C)CC(=O)[C@H](C)N)C2(CC2)C1. The van der Waals surface area contributed by atoms with Gasteiger partial charge in [-0.3, -0.25) is 14.5 Å². The van der Waals surface area contributed by atoms with E-state index in [2.05, 4.69) is 24.1 Å². The third-order valence-electron chi connectivity index (χ3n) is 5.08. The Labute approximate surface area is 127 Å². The van der Waals surface area contributed by atoms with Crippen LogP contribution in [0, 0.1) is 11.3 Å². The first-order valence-corrected chi connectivity index (χ1v) is 8.08. The van der Waals surface area contributed by atoms with E-state index >= 15 is 0 Å². The van der Waals surface area contributed by atoms with Gasteiger partial charge in [-0.2, -0.15) is 0 Å². The molecular formula is C16H29N3O2. The summed E-state index contributed by atoms with van der Waals surface area (Å²) < 4.78 is 0. The first-order chi connectivity index (χ1) is 9.75. The van der Waals surface area contributed by atoms with Crippen molar-refractivity contribution in [3.63, 3.8) is 0 Å². The van der Waals surface area contributed by atoms with Crippen LogP contribution in [0.1, 0.15) is 47.0 Å². The molecule has 1 saturated carbocycles. The van der Waals surface area contributed by atoms with E-state index in [1.807, 2.05) is 6.92 Å². The van der Waals surface area contributed by atoms with E-state index < -0.39 is 6.04 Å². The second-order valence-corrected chi connectivity index (χ2v) is 7.31. The van der Waals surface area contributed by atoms with Crippen LogP contribution in [0.15, 0.2) is 0 Å². The summed E-state index contributed by atoms with van der Waals surface area (Å²) in [4.78, 5) is 26.4. The molecule has 21 heavy (non-hydrogen) atoms. The van der Waals surface area contributed by atoms with Crippen molar-refractivity contribution in [3.05, 3.63) is 0 Å². The van der Waals surface area contributed by atoms with Crippen LogP contribution in [0.2, 0.25) is 0 Å². The van der Waals surface area contributed by atoms with Crippen LogP contribution in [0.25, 0.3) is 0 Å². The average molecular weight is 295 g/mol. The molecule has 2 fully saturated rings. The van der Waals surface area contributed by atoms with Crippen molar-refractivity contribution >= 4 is 11.7 Å². The number of hydrogen-bond donors (Lipinski definition) is 2. The molecule has 120 valence electrons. The van der Waals surface area contributed by atoms with Crippen LogP contribution in [-0.4, -0.2) is 47.8 Å². The summed E-state index contributed by atoms with van der Waals surface area (Å²) in [7, 11) is 0. The second-order valence-electron chi connectivity index (χ2n) is 7.31. The number of carbonyl (C=O) groups excluding carboxylic acids is 2. The van der Waals surface area contributed by atoms with Crippen molar-refractivity contribution in [2.24, 2.45) is 17.1 Å². The van der Waals surface area contributed by atoms with Gasteiger partial charge >= 0.3 is 0 Å². The van der Waals surface area contributed by atoms with E-state index in [-0.39, 0.29) is 30.1 Å². The summed E-state index contributed by atoms with van der Waals surface area (Å²) in [5.74, 6) is -0.354. The molecule has 5 nitrogen and oxygen atoms in total. The second kappa shape index (κ2) is 6.05. The van der Waals surface area contributed by atoms with Crippen molar-refractivity contribution in [3.8, 4) is 0 Å². The standard InChI is InChI=1S/C16H29N3O2/c1-10(2)19-8-14(16(9-19)5-6-16)18-15(21)11(3)7-13(20)12(4)17/h10-12,14H,5-9,17H2,1-4H3,(H,18,21)/t11-,12+,14+/m1/s1. The Bertz CT molecular complexity index is 416. The number of nitrogens with zero attached hydrogens (tertiary/aromatic N) is 1. The largest absolute Gasteiger partial charge is 0.351 e. The van der Waals surface area contributed by atoms with Crippen LogP contribution in [0.3, 0.4) is 0 Å². The average Bonchev–Trinajstić information content (AvgIpc) is 3.07. The fourth-order valence-electron chi connectivity index (χ4n) is 3.16. The first-order valence-electron chi connectivity index (χ1n) is 8.08. The summed E-state index contributed by atoms with van der Waals surface area (Å²) in [6, 6.07) is 0.264. The predicted molar refractivity (Wildman–Crippen MR) is 82.7 cm³/mol. The molecule has 2 rings (SSSR count). The van der Waals surface area contributed by atoms with Crippen LogP contribution < -0.4 is 11.1 Å². The fourth-order valence-corrected chi connectivity index (χ4v) is 3.16. The van der Waals surface area contributed by atoms with Crippen LogP contribution in [-0.2, 0) is 9.59 Å². The lowest BCUT2D eigenvalue weighted by molar-refractivity contribution is -0.129. The Morgan fingerprint density at radius 1 is 1.29 bits per heavy atom. The minimum absolute atomic E-state index is 0.00844. The topological polar surface area (TPSA) is 75.4 Å². The highest BCUT2D eigenvalue weighted by Crippen LogP contribution is 2.53. The molecule has 2 aliphatic rings. The monoisotopic (exact) mass is 295 g/mol. The van der Waals surface area contributed by atoms with Gasteiger partial charge in [0, 0.05) is 42.9 Å². The Balaban J connectivity index is 1.89. The summed E-state index contributed by atoms with van der Waals surface area (Å²) >= 11 is 0. The summed E-state index contributed by atoms with van der Waals surface area (Å²) in [5, 5.41) is 3.19. The highest BCUT2D eigenvalue weighted by atomic mass is 16.2. The van der Waals surface area contributed by atoms with E-state index in [0.717, 1.165) is 13.1 Å². The molecule has 0 unspecified atom stereocenters. The number of likely N-dealkylation sites (tertiary alicyclic amines) is 1. The number of ketones is 1. The molecule has 3 N–H and O–H groups in total. The van der Waals surface area contributed by atoms with Gasteiger partial charge in [0.2, 0.25) is 5.91 Å². The summed E-state index contributed by atoms with van der Waals surface area (Å²) in [5.41, 5.74) is 5.86. The third-order valence-corrected chi connectivity index (χ3v) is 5.08. The van der Waals surface area contributed by atoms with Crippen molar-refractivity contribution < 1.29 is 9.59 Å². The van der Waals surface area contributed by atoms with Crippen LogP contribution >= 0.6 is 0 Å². The van der Waals surface area contributed by atoms with Gasteiger partial charge in [0.05, 0.1) is 6.04 Å². The molecule has 1 amide bonds. The molecule has 1 heterocycles. The smallest absolute Gasteiger partial charge is 0.223 e. The zero-order chi connectivity index (χ0) is 15.8. The van der Waals surface area contributed by atoms with E-state index in [0.29, 0.717) is 11.5 Å². The summed E-state index contributed by atoms with van der Waals surface area (Å²) in [6.45, 7) is 9.89. The fraction of sp³-hybridized carbons (Fsp3) is 0.875. The Hall–Kier alpha value is -0.940. The maximum atomic E-state index is 12.3. The minimum Gasteiger partial charge on any atom is -0.351 e. The van der Waals surface area contributed by atoms with Gasteiger partial charge in [-0.25, -0.2) is 0 Å². The van der Waals surface area contributed by atoms with Gasteiger partial charge in [0.25, 0.3) is 0 Å². The maximum absolute atomic E-state index is 12.3. The number of nitrogens with one attached hydrogen (secondary N) is 1. The van der Waals surface area contributed by atoms with Crippen molar-refractivity contribution in [2.45, 2.75) is 65.1 Å². The number of carbonyl (C=O) groups is 2. The summed E-state index contributed by atoms with van der Waals surface area (Å²) in [6.07, 6.45) is 2.64. The molecule has 0 aromatic heterocycles. The molecule has 5 heteroatoms. The van der Waals surface area contributed by atoms with Gasteiger partial charge in [-0.1, -0.05) is 6.92 Å². The lowest BCUT2D eigenvalue weighted by Gasteiger charge is -2.22. The van der Waals surface area contributed by atoms with Crippen molar-refractivity contribution in [2.75, 3.05) is 13.1 Å². The molecule has 1 spiro atoms. The van der Waals surface area contributed by atoms with Crippen LogP contribution in [0.5, 0.6) is 0 Å². The normalized spacial score (nSPS) is 26.9. The Morgan fingerprint density at radius 2 is 1.90 bits per heavy atom. The highest BCUT2D eigenvalue weighted by molar-refractivity contribution is 5.89. The Morgan fingerprint density at radius 3 is 2.38 bits per heavy atom. The van der Waals surface area contributed by atoms with Crippen molar-refractivity contribution in [1.29, 1.82) is 0 Å². The molecule has 3 atom stereocenters. The molecule has 0 aromatic rings. The van der Waals surface area contributed by atoms with Gasteiger partial charge < -0.3 is 11.1 Å². The number of hydrogen-bond acceptors (Lipinski definition) is 4. The van der Waals surface area contributed by atoms with E-state index in [1.54, 1.807) is 6.92 Å². The molecule has 1 aliphatic carbocycles. The molecule has 1 aliphatic heterocycles. The van der Waals surface area contributed by atoms with Gasteiger partial charge in [0.15, 0.2) is 0 Å². The van der Waals surface area contributed by atoms with Crippen molar-refractivity contribution in [1.82, 2.24) is 10.2 Å². The third kappa shape index (κ3) is 3.64. The van der Waals surface area contributed by atoms with Gasteiger partial charge in [-0.15, -0.1) is 0 Å². The number of Topliss-reactive ketones (excluding diaryl/α,β-unsaturated/α-hetero) is 1.